The Bertz CT molecular complexity index is 1320. The summed E-state index contributed by atoms with van der Waals surface area (Å²) in [4.78, 5) is 8.92. The van der Waals surface area contributed by atoms with Gasteiger partial charge in [-0.3, -0.25) is 4.68 Å². The number of hydrogen-bond donors (Lipinski definition) is 0. The maximum absolute atomic E-state index is 5.83. The minimum absolute atomic E-state index is 0.266. The van der Waals surface area contributed by atoms with Gasteiger partial charge < -0.3 is 13.6 Å². The van der Waals surface area contributed by atoms with Gasteiger partial charge in [0.05, 0.1) is 18.5 Å². The highest BCUT2D eigenvalue weighted by molar-refractivity contribution is 5.59. The van der Waals surface area contributed by atoms with Crippen LogP contribution < -0.4 is 4.74 Å². The zero-order chi connectivity index (χ0) is 22.6. The van der Waals surface area contributed by atoms with Gasteiger partial charge in [0.15, 0.2) is 5.76 Å². The molecule has 0 atom stereocenters. The number of ether oxygens (including phenoxy) is 1. The smallest absolute Gasteiger partial charge is 0.263 e. The largest absolute Gasteiger partial charge is 0.471 e. The Kier molecular flexibility index (Phi) is 5.76. The topological polar surface area (TPSA) is 79.1 Å². The van der Waals surface area contributed by atoms with Crippen LogP contribution in [0.5, 0.6) is 5.88 Å². The van der Waals surface area contributed by atoms with Crippen molar-refractivity contribution < 1.29 is 13.6 Å². The molecule has 0 saturated heterocycles. The van der Waals surface area contributed by atoms with Crippen molar-refractivity contribution in [2.24, 2.45) is 0 Å². The molecule has 0 radical (unpaired) electrons. The molecule has 0 aliphatic carbocycles. The van der Waals surface area contributed by atoms with Crippen LogP contribution in [-0.4, -0.2) is 19.7 Å². The molecule has 4 heterocycles. The fourth-order valence-electron chi connectivity index (χ4n) is 3.60. The average Bonchev–Trinajstić information content (AvgIpc) is 3.59. The average molecular weight is 441 g/mol. The van der Waals surface area contributed by atoms with Crippen molar-refractivity contribution in [1.82, 2.24) is 19.7 Å². The van der Waals surface area contributed by atoms with Crippen LogP contribution in [0.2, 0.25) is 0 Å². The van der Waals surface area contributed by atoms with Crippen LogP contribution in [0.3, 0.4) is 0 Å². The van der Waals surface area contributed by atoms with Gasteiger partial charge in [-0.1, -0.05) is 43.3 Å². The summed E-state index contributed by atoms with van der Waals surface area (Å²) in [6.45, 7) is 4.91. The molecular formula is C26H24N4O3. The van der Waals surface area contributed by atoms with E-state index in [9.17, 15) is 0 Å². The van der Waals surface area contributed by atoms with Gasteiger partial charge in [-0.25, -0.2) is 9.97 Å². The van der Waals surface area contributed by atoms with Gasteiger partial charge in [0.2, 0.25) is 5.88 Å². The first kappa shape index (κ1) is 20.8. The minimum atomic E-state index is 0.266. The molecule has 4 aromatic heterocycles. The number of pyridine rings is 1. The number of benzene rings is 1. The van der Waals surface area contributed by atoms with Crippen molar-refractivity contribution in [3.05, 3.63) is 95.8 Å². The number of nitrogens with zero attached hydrogens (tertiary/aromatic N) is 4. The van der Waals surface area contributed by atoms with E-state index in [0.717, 1.165) is 23.2 Å². The van der Waals surface area contributed by atoms with E-state index in [1.54, 1.807) is 12.3 Å². The molecular weight excluding hydrogens is 416 g/mol. The normalized spacial score (nSPS) is 11.1. The number of hydrogen-bond acceptors (Lipinski definition) is 6. The fraction of sp³-hybridized carbons (Fsp3) is 0.192. The van der Waals surface area contributed by atoms with E-state index in [1.807, 2.05) is 54.2 Å². The SMILES string of the molecule is CCc1cc(-c2ccccc2)nn1Cc1ccc(OCc2nc(-c3ccco3)oc2C)nc1. The molecule has 166 valence electrons. The van der Waals surface area contributed by atoms with Crippen LogP contribution in [0.4, 0.5) is 0 Å². The molecule has 0 unspecified atom stereocenters. The molecule has 7 heteroatoms. The molecule has 0 saturated carbocycles. The van der Waals surface area contributed by atoms with E-state index in [2.05, 4.69) is 35.1 Å². The quantitative estimate of drug-likeness (QED) is 0.308. The molecule has 33 heavy (non-hydrogen) atoms. The van der Waals surface area contributed by atoms with Gasteiger partial charge >= 0.3 is 0 Å². The molecule has 0 N–H and O–H groups in total. The molecule has 0 aliphatic heterocycles. The first-order chi connectivity index (χ1) is 16.2. The molecule has 0 fully saturated rings. The Balaban J connectivity index is 1.25. The fourth-order valence-corrected chi connectivity index (χ4v) is 3.60. The molecule has 0 amide bonds. The Labute approximate surface area is 191 Å². The highest BCUT2D eigenvalue weighted by Crippen LogP contribution is 2.23. The predicted octanol–water partition coefficient (Wildman–Crippen LogP) is 5.69. The van der Waals surface area contributed by atoms with Gasteiger partial charge in [0.25, 0.3) is 5.89 Å². The molecule has 0 aliphatic rings. The van der Waals surface area contributed by atoms with Crippen LogP contribution in [0, 0.1) is 6.92 Å². The summed E-state index contributed by atoms with van der Waals surface area (Å²) in [6.07, 6.45) is 4.32. The summed E-state index contributed by atoms with van der Waals surface area (Å²) in [5.41, 5.74) is 5.05. The summed E-state index contributed by atoms with van der Waals surface area (Å²) >= 11 is 0. The Hall–Kier alpha value is -4.13. The predicted molar refractivity (Wildman–Crippen MR) is 124 cm³/mol. The number of furan rings is 1. The molecule has 5 rings (SSSR count). The lowest BCUT2D eigenvalue weighted by Crippen LogP contribution is -2.06. The maximum atomic E-state index is 5.83. The Morgan fingerprint density at radius 3 is 2.64 bits per heavy atom. The summed E-state index contributed by atoms with van der Waals surface area (Å²) in [6, 6.07) is 19.9. The van der Waals surface area contributed by atoms with Crippen LogP contribution in [0.1, 0.15) is 29.6 Å². The number of rotatable bonds is 8. The van der Waals surface area contributed by atoms with E-state index in [0.29, 0.717) is 35.5 Å². The van der Waals surface area contributed by atoms with Crippen LogP contribution >= 0.6 is 0 Å². The molecule has 1 aromatic carbocycles. The summed E-state index contributed by atoms with van der Waals surface area (Å²) in [7, 11) is 0. The van der Waals surface area contributed by atoms with E-state index in [-0.39, 0.29) is 6.61 Å². The Morgan fingerprint density at radius 2 is 1.91 bits per heavy atom. The van der Waals surface area contributed by atoms with Crippen molar-refractivity contribution in [3.63, 3.8) is 0 Å². The first-order valence-corrected chi connectivity index (χ1v) is 10.9. The van der Waals surface area contributed by atoms with Gasteiger partial charge in [-0.05, 0) is 37.1 Å². The van der Waals surface area contributed by atoms with E-state index in [4.69, 9.17) is 18.7 Å². The summed E-state index contributed by atoms with van der Waals surface area (Å²) in [5, 5.41) is 4.81. The van der Waals surface area contributed by atoms with Crippen LogP contribution in [0.25, 0.3) is 22.9 Å². The lowest BCUT2D eigenvalue weighted by Gasteiger charge is -2.07. The van der Waals surface area contributed by atoms with Crippen molar-refractivity contribution in [1.29, 1.82) is 0 Å². The molecule has 0 spiro atoms. The number of aromatic nitrogens is 4. The Morgan fingerprint density at radius 1 is 1.03 bits per heavy atom. The lowest BCUT2D eigenvalue weighted by molar-refractivity contribution is 0.287. The minimum Gasteiger partial charge on any atom is -0.471 e. The lowest BCUT2D eigenvalue weighted by atomic mass is 10.1. The second kappa shape index (κ2) is 9.16. The van der Waals surface area contributed by atoms with Crippen molar-refractivity contribution in [2.45, 2.75) is 33.4 Å². The third-order valence-electron chi connectivity index (χ3n) is 5.41. The second-order valence-corrected chi connectivity index (χ2v) is 7.69. The van der Waals surface area contributed by atoms with Crippen molar-refractivity contribution in [3.8, 4) is 28.8 Å². The van der Waals surface area contributed by atoms with Gasteiger partial charge in [0, 0.05) is 23.5 Å². The monoisotopic (exact) mass is 440 g/mol. The van der Waals surface area contributed by atoms with Crippen LogP contribution in [0.15, 0.2) is 82.0 Å². The van der Waals surface area contributed by atoms with E-state index in [1.165, 1.54) is 5.69 Å². The summed E-state index contributed by atoms with van der Waals surface area (Å²) in [5.74, 6) is 2.26. The highest BCUT2D eigenvalue weighted by Gasteiger charge is 2.14. The van der Waals surface area contributed by atoms with Gasteiger partial charge in [0.1, 0.15) is 18.1 Å². The van der Waals surface area contributed by atoms with Crippen molar-refractivity contribution >= 4 is 0 Å². The second-order valence-electron chi connectivity index (χ2n) is 7.69. The molecule has 0 bridgehead atoms. The van der Waals surface area contributed by atoms with Gasteiger partial charge in [-0.15, -0.1) is 0 Å². The zero-order valence-corrected chi connectivity index (χ0v) is 18.6. The number of aryl methyl sites for hydroxylation is 2. The third kappa shape index (κ3) is 4.57. The van der Waals surface area contributed by atoms with Crippen molar-refractivity contribution in [2.75, 3.05) is 0 Å². The molecule has 5 aromatic rings. The van der Waals surface area contributed by atoms with E-state index < -0.39 is 0 Å². The standard InChI is InChI=1S/C26H24N4O3/c1-3-21-14-22(20-8-5-4-6-9-20)29-30(21)16-19-11-12-25(27-15-19)32-17-23-18(2)33-26(28-23)24-10-7-13-31-24/h4-15H,3,16-17H2,1-2H3. The molecule has 7 nitrogen and oxygen atoms in total. The van der Waals surface area contributed by atoms with E-state index >= 15 is 0 Å². The van der Waals surface area contributed by atoms with Gasteiger partial charge in [-0.2, -0.15) is 5.10 Å². The zero-order valence-electron chi connectivity index (χ0n) is 18.6. The first-order valence-electron chi connectivity index (χ1n) is 10.9. The highest BCUT2D eigenvalue weighted by atomic mass is 16.5. The summed E-state index contributed by atoms with van der Waals surface area (Å²) < 4.78 is 18.9. The number of oxazole rings is 1. The maximum Gasteiger partial charge on any atom is 0.263 e. The third-order valence-corrected chi connectivity index (χ3v) is 5.41. The van der Waals surface area contributed by atoms with Crippen LogP contribution in [-0.2, 0) is 19.6 Å².